The Morgan fingerprint density at radius 1 is 0.667 bits per heavy atom. The van der Waals surface area contributed by atoms with E-state index in [1.165, 1.54) is 127 Å². The molecule has 33 heavy (non-hydrogen) atoms. The zero-order valence-electron chi connectivity index (χ0n) is 21.9. The summed E-state index contributed by atoms with van der Waals surface area (Å²) in [6.45, 7) is 6.50. The highest BCUT2D eigenvalue weighted by atomic mass is 32.2. The van der Waals surface area contributed by atoms with E-state index < -0.39 is 0 Å². The van der Waals surface area contributed by atoms with E-state index in [0.29, 0.717) is 29.4 Å². The van der Waals surface area contributed by atoms with Gasteiger partial charge in [-0.3, -0.25) is 4.99 Å². The zero-order chi connectivity index (χ0) is 23.1. The topological polar surface area (TPSA) is 30.8 Å². The Morgan fingerprint density at radius 2 is 1.21 bits per heavy atom. The van der Waals surface area contributed by atoms with Gasteiger partial charge in [-0.2, -0.15) is 0 Å². The molecule has 0 amide bonds. The summed E-state index contributed by atoms with van der Waals surface area (Å²) in [4.78, 5) is 5.22. The lowest BCUT2D eigenvalue weighted by Crippen LogP contribution is -2.32. The van der Waals surface area contributed by atoms with Crippen molar-refractivity contribution in [1.82, 2.24) is 0 Å². The molecule has 2 saturated carbocycles. The van der Waals surface area contributed by atoms with Crippen LogP contribution in [0.2, 0.25) is 0 Å². The highest BCUT2D eigenvalue weighted by Gasteiger charge is 2.39. The first-order valence-electron chi connectivity index (χ1n) is 14.8. The number of nitrogens with zero attached hydrogens (tertiary/aromatic N) is 1. The Kier molecular flexibility index (Phi) is 13.8. The quantitative estimate of drug-likeness (QED) is 0.195. The highest BCUT2D eigenvalue weighted by molar-refractivity contribution is 8.14. The molecule has 0 N–H and O–H groups in total. The van der Waals surface area contributed by atoms with Crippen LogP contribution in [0.4, 0.5) is 0 Å². The Labute approximate surface area is 209 Å². The van der Waals surface area contributed by atoms with Crippen LogP contribution in [0.1, 0.15) is 136 Å². The predicted molar refractivity (Wildman–Crippen MR) is 145 cm³/mol. The third-order valence-electron chi connectivity index (χ3n) is 8.00. The third kappa shape index (κ3) is 10.2. The number of fused-ring (bicyclic) bond motifs is 1. The number of aliphatic imine (C=N–C) groups is 1. The second kappa shape index (κ2) is 16.6. The van der Waals surface area contributed by atoms with Crippen molar-refractivity contribution in [1.29, 1.82) is 0 Å². The molecule has 0 aromatic rings. The fourth-order valence-corrected chi connectivity index (χ4v) is 7.39. The molecule has 0 saturated heterocycles. The number of ether oxygens (including phenoxy) is 2. The fraction of sp³-hybridized carbons (Fsp3) is 0.966. The SMILES string of the molecule is CCCCCCCCCCOC1CCC(C2=NC3CCC(OCCCCCC)CC3S2)CC1. The van der Waals surface area contributed by atoms with Gasteiger partial charge in [-0.15, -0.1) is 11.8 Å². The minimum absolute atomic E-state index is 0.482. The predicted octanol–water partition coefficient (Wildman–Crippen LogP) is 8.73. The molecule has 2 fully saturated rings. The van der Waals surface area contributed by atoms with Crippen molar-refractivity contribution in [3.05, 3.63) is 0 Å². The Bertz CT molecular complexity index is 532. The molecule has 2 aliphatic carbocycles. The molecule has 1 aliphatic heterocycles. The zero-order valence-corrected chi connectivity index (χ0v) is 22.7. The molecule has 3 aliphatic rings. The van der Waals surface area contributed by atoms with E-state index >= 15 is 0 Å². The van der Waals surface area contributed by atoms with E-state index in [0.717, 1.165) is 13.2 Å². The van der Waals surface area contributed by atoms with E-state index in [9.17, 15) is 0 Å². The minimum Gasteiger partial charge on any atom is -0.378 e. The van der Waals surface area contributed by atoms with Crippen LogP contribution in [-0.2, 0) is 9.47 Å². The fourth-order valence-electron chi connectivity index (χ4n) is 5.79. The third-order valence-corrected chi connectivity index (χ3v) is 9.49. The van der Waals surface area contributed by atoms with E-state index in [4.69, 9.17) is 14.5 Å². The second-order valence-corrected chi connectivity index (χ2v) is 12.1. The molecule has 4 heteroatoms. The summed E-state index contributed by atoms with van der Waals surface area (Å²) in [5.41, 5.74) is 0. The summed E-state index contributed by atoms with van der Waals surface area (Å²) in [6, 6.07) is 0.570. The summed E-state index contributed by atoms with van der Waals surface area (Å²) in [6.07, 6.45) is 25.9. The average molecular weight is 480 g/mol. The Hall–Kier alpha value is -0.0600. The molecule has 3 rings (SSSR count). The largest absolute Gasteiger partial charge is 0.378 e. The van der Waals surface area contributed by atoms with Gasteiger partial charge < -0.3 is 9.47 Å². The molecule has 1 heterocycles. The van der Waals surface area contributed by atoms with E-state index in [-0.39, 0.29) is 0 Å². The van der Waals surface area contributed by atoms with Gasteiger partial charge in [0, 0.05) is 24.4 Å². The molecule has 0 radical (unpaired) electrons. The first-order valence-corrected chi connectivity index (χ1v) is 15.7. The van der Waals surface area contributed by atoms with Crippen molar-refractivity contribution in [2.75, 3.05) is 13.2 Å². The van der Waals surface area contributed by atoms with Gasteiger partial charge in [-0.1, -0.05) is 78.1 Å². The smallest absolute Gasteiger partial charge is 0.0714 e. The molecule has 3 nitrogen and oxygen atoms in total. The number of rotatable bonds is 17. The van der Waals surface area contributed by atoms with Crippen LogP contribution in [0.5, 0.6) is 0 Å². The van der Waals surface area contributed by atoms with E-state index in [2.05, 4.69) is 25.6 Å². The van der Waals surface area contributed by atoms with Crippen LogP contribution < -0.4 is 0 Å². The summed E-state index contributed by atoms with van der Waals surface area (Å²) >= 11 is 2.12. The van der Waals surface area contributed by atoms with E-state index in [1.54, 1.807) is 0 Å². The van der Waals surface area contributed by atoms with Gasteiger partial charge in [0.25, 0.3) is 0 Å². The number of hydrogen-bond donors (Lipinski definition) is 0. The second-order valence-electron chi connectivity index (χ2n) is 10.9. The van der Waals surface area contributed by atoms with Crippen molar-refractivity contribution in [3.8, 4) is 0 Å². The van der Waals surface area contributed by atoms with Crippen molar-refractivity contribution in [2.45, 2.75) is 159 Å². The maximum Gasteiger partial charge on any atom is 0.0714 e. The molecule has 0 aromatic carbocycles. The lowest BCUT2D eigenvalue weighted by Gasteiger charge is -2.30. The van der Waals surface area contributed by atoms with Crippen molar-refractivity contribution in [2.24, 2.45) is 10.9 Å². The maximum absolute atomic E-state index is 6.25. The van der Waals surface area contributed by atoms with Gasteiger partial charge in [0.2, 0.25) is 0 Å². The monoisotopic (exact) mass is 479 g/mol. The first kappa shape index (κ1) is 27.5. The van der Waals surface area contributed by atoms with Gasteiger partial charge in [0.15, 0.2) is 0 Å². The van der Waals surface area contributed by atoms with Crippen LogP contribution in [0.3, 0.4) is 0 Å². The first-order chi connectivity index (χ1) is 16.3. The van der Waals surface area contributed by atoms with Gasteiger partial charge in [0.05, 0.1) is 23.3 Å². The Morgan fingerprint density at radius 3 is 1.88 bits per heavy atom. The van der Waals surface area contributed by atoms with Crippen molar-refractivity contribution < 1.29 is 9.47 Å². The summed E-state index contributed by atoms with van der Waals surface area (Å²) in [7, 11) is 0. The van der Waals surface area contributed by atoms with Crippen molar-refractivity contribution in [3.63, 3.8) is 0 Å². The number of thioether (sulfide) groups is 1. The molecule has 0 aromatic heterocycles. The number of hydrogen-bond acceptors (Lipinski definition) is 4. The maximum atomic E-state index is 6.25. The molecular formula is C29H53NO2S. The molecule has 3 unspecified atom stereocenters. The molecular weight excluding hydrogens is 426 g/mol. The molecule has 3 atom stereocenters. The summed E-state index contributed by atoms with van der Waals surface area (Å²) in [5.74, 6) is 0.706. The molecule has 0 bridgehead atoms. The highest BCUT2D eigenvalue weighted by Crippen LogP contribution is 2.43. The van der Waals surface area contributed by atoms with E-state index in [1.807, 2.05) is 0 Å². The van der Waals surface area contributed by atoms with Crippen LogP contribution in [0, 0.1) is 5.92 Å². The van der Waals surface area contributed by atoms with Gasteiger partial charge in [-0.05, 0) is 57.8 Å². The van der Waals surface area contributed by atoms with Gasteiger partial charge in [-0.25, -0.2) is 0 Å². The van der Waals surface area contributed by atoms with Gasteiger partial charge in [0.1, 0.15) is 0 Å². The standard InChI is InChI=1S/C29H53NO2S/c1-3-5-7-9-10-11-12-14-21-31-25-17-15-24(16-18-25)29-30-27-20-19-26(23-28(27)33-29)32-22-13-8-6-4-2/h24-28H,3-23H2,1-2H3. The number of unbranched alkanes of at least 4 members (excludes halogenated alkanes) is 10. The average Bonchev–Trinajstić information content (AvgIpc) is 3.27. The summed E-state index contributed by atoms with van der Waals surface area (Å²) < 4.78 is 12.5. The van der Waals surface area contributed by atoms with Crippen LogP contribution in [0.15, 0.2) is 4.99 Å². The minimum atomic E-state index is 0.482. The molecule has 0 spiro atoms. The Balaban J connectivity index is 1.22. The lowest BCUT2D eigenvalue weighted by atomic mass is 9.87. The van der Waals surface area contributed by atoms with Crippen LogP contribution >= 0.6 is 11.8 Å². The lowest BCUT2D eigenvalue weighted by molar-refractivity contribution is 0.0218. The van der Waals surface area contributed by atoms with Crippen LogP contribution in [-0.4, -0.2) is 41.8 Å². The van der Waals surface area contributed by atoms with Crippen LogP contribution in [0.25, 0.3) is 0 Å². The van der Waals surface area contributed by atoms with Crippen molar-refractivity contribution >= 4 is 16.8 Å². The molecule has 192 valence electrons. The normalized spacial score (nSPS) is 29.8. The summed E-state index contributed by atoms with van der Waals surface area (Å²) in [5, 5.41) is 2.17. The van der Waals surface area contributed by atoms with Gasteiger partial charge >= 0.3 is 0 Å².